The molecule has 0 aromatic rings. The van der Waals surface area contributed by atoms with Crippen molar-refractivity contribution in [1.29, 1.82) is 0 Å². The Labute approximate surface area is 40.5 Å². The van der Waals surface area contributed by atoms with Crippen molar-refractivity contribution in [2.24, 2.45) is 0 Å². The van der Waals surface area contributed by atoms with Crippen molar-refractivity contribution in [3.05, 3.63) is 0 Å². The minimum atomic E-state index is -1.50. The first-order valence-corrected chi connectivity index (χ1v) is 1.04. The average Bonchev–Trinajstić information content (AvgIpc) is 1.27. The highest BCUT2D eigenvalue weighted by molar-refractivity contribution is 6.55. The predicted octanol–water partition coefficient (Wildman–Crippen LogP) is -0.834. The van der Waals surface area contributed by atoms with Gasteiger partial charge in [0.15, 0.2) is 0 Å². The van der Waals surface area contributed by atoms with Crippen LogP contribution in [0.3, 0.4) is 0 Å². The third-order valence-corrected chi connectivity index (χ3v) is 0.129. The Morgan fingerprint density at radius 2 is 2.00 bits per heavy atom. The van der Waals surface area contributed by atoms with Crippen LogP contribution in [0.5, 0.6) is 0 Å². The molecular weight excluding hydrogens is 98.8 g/mol. The molecule has 0 rings (SSSR count). The molecule has 40 valence electrons. The number of rotatable bonds is 0. The smallest absolute Gasteiger partial charge is 0.449 e. The molecule has 0 saturated carbocycles. The molecule has 0 aliphatic rings. The van der Waals surface area contributed by atoms with E-state index in [1.54, 1.807) is 0 Å². The van der Waals surface area contributed by atoms with Crippen LogP contribution in [0.15, 0.2) is 0 Å². The van der Waals surface area contributed by atoms with Crippen LogP contribution < -0.4 is 0 Å². The van der Waals surface area contributed by atoms with Gasteiger partial charge in [0.25, 0.3) is 0 Å². The molecule has 0 fully saturated rings. The van der Waals surface area contributed by atoms with Gasteiger partial charge in [0.2, 0.25) is 0 Å². The zero-order valence-electron chi connectivity index (χ0n) is 2.67. The molecule has 0 aliphatic heterocycles. The molecule has 0 unspecified atom stereocenters. The predicted molar refractivity (Wildman–Crippen MR) is 24.4 cm³/mol. The van der Waals surface area contributed by atoms with Crippen molar-refractivity contribution in [2.45, 2.75) is 0 Å². The number of carbonyl (C=O) groups excluding carboxylic acids is 1. The monoisotopic (exact) mass is 103 g/mol. The summed E-state index contributed by atoms with van der Waals surface area (Å²) in [7, 11) is -0.593. The van der Waals surface area contributed by atoms with E-state index in [-0.39, 0.29) is 0 Å². The van der Waals surface area contributed by atoms with E-state index in [0.717, 1.165) is 0 Å². The fourth-order valence-corrected chi connectivity index (χ4v) is 0.0356. The topological polar surface area (TPSA) is 63.6 Å². The second-order valence-electron chi connectivity index (χ2n) is 0.451. The van der Waals surface area contributed by atoms with Crippen molar-refractivity contribution in [3.8, 4) is 0 Å². The lowest BCUT2D eigenvalue weighted by Gasteiger charge is -1.91. The summed E-state index contributed by atoms with van der Waals surface area (Å²) in [5.74, 6) is -0.562. The van der Waals surface area contributed by atoms with Crippen LogP contribution in [0, 0.1) is 0 Å². The summed E-state index contributed by atoms with van der Waals surface area (Å²) < 4.78 is 3.64. The Morgan fingerprint density at radius 1 is 1.57 bits per heavy atom. The van der Waals surface area contributed by atoms with Crippen LogP contribution in [0.4, 0.5) is 9.59 Å². The Bertz CT molecular complexity index is 85.9. The highest BCUT2D eigenvalue weighted by Crippen LogP contribution is 1.73. The fraction of sp³-hybridized carbons (Fsp3) is 0. The maximum absolute atomic E-state index is 9.76. The molecule has 0 bridgehead atoms. The molecule has 0 saturated heterocycles. The Morgan fingerprint density at radius 3 is 2.00 bits per heavy atom. The van der Waals surface area contributed by atoms with Gasteiger partial charge in [0.05, 0.1) is 7.85 Å². The minimum absolute atomic E-state index is 0.562. The molecule has 0 aromatic carbocycles. The van der Waals surface area contributed by atoms with E-state index in [9.17, 15) is 9.59 Å². The minimum Gasteiger partial charge on any atom is -0.449 e. The highest BCUT2D eigenvalue weighted by Gasteiger charge is 1.92. The first kappa shape index (κ1) is 6.00. The van der Waals surface area contributed by atoms with E-state index in [0.29, 0.717) is 0 Å². The molecule has 0 spiro atoms. The molecule has 4 nitrogen and oxygen atoms in total. The molecular formula is C2H4BO4-. The number of ether oxygens (including phenoxy) is 1. The van der Waals surface area contributed by atoms with E-state index in [1.807, 2.05) is 0 Å². The SMILES string of the molecule is [BH3-]C(=O)OC(=O)O. The van der Waals surface area contributed by atoms with Gasteiger partial charge < -0.3 is 14.6 Å². The Kier molecular flexibility index (Phi) is 1.91. The van der Waals surface area contributed by atoms with E-state index in [1.165, 1.54) is 0 Å². The van der Waals surface area contributed by atoms with Gasteiger partial charge >= 0.3 is 6.16 Å². The maximum atomic E-state index is 9.76. The van der Waals surface area contributed by atoms with Crippen molar-refractivity contribution >= 4 is 19.9 Å². The largest absolute Gasteiger partial charge is 0.510 e. The van der Waals surface area contributed by atoms with Gasteiger partial charge in [-0.15, -0.1) is 0 Å². The normalized spacial score (nSPS) is 7.57. The van der Waals surface area contributed by atoms with Crippen LogP contribution in [0.25, 0.3) is 0 Å². The second-order valence-corrected chi connectivity index (χ2v) is 0.451. The molecule has 0 aliphatic carbocycles. The lowest BCUT2D eigenvalue weighted by molar-refractivity contribution is 0.121. The van der Waals surface area contributed by atoms with Crippen LogP contribution in [0.1, 0.15) is 0 Å². The number of carbonyl (C=O) groups is 2. The lowest BCUT2D eigenvalue weighted by Crippen LogP contribution is -2.06. The first-order chi connectivity index (χ1) is 3.13. The lowest BCUT2D eigenvalue weighted by atomic mass is 10.2. The summed E-state index contributed by atoms with van der Waals surface area (Å²) in [6, 6.07) is 0. The zero-order valence-corrected chi connectivity index (χ0v) is 2.67. The van der Waals surface area contributed by atoms with Crippen LogP contribution in [0.2, 0.25) is 0 Å². The Hall–Kier alpha value is -0.995. The first-order valence-electron chi connectivity index (χ1n) is 1.04. The number of hydrogen-bond donors (Lipinski definition) is 1. The maximum Gasteiger partial charge on any atom is 0.510 e. The van der Waals surface area contributed by atoms with Gasteiger partial charge in [-0.05, 0) is 0 Å². The third kappa shape index (κ3) is 5.00. The summed E-state index contributed by atoms with van der Waals surface area (Å²) in [6.45, 7) is 0. The molecule has 0 aromatic heterocycles. The van der Waals surface area contributed by atoms with Gasteiger partial charge in [0, 0.05) is 0 Å². The fourth-order valence-electron chi connectivity index (χ4n) is 0.0356. The van der Waals surface area contributed by atoms with Gasteiger partial charge in [0.1, 0.15) is 5.87 Å². The number of carboxylic acid groups (broad SMARTS) is 1. The summed E-state index contributed by atoms with van der Waals surface area (Å²) in [5.41, 5.74) is 0. The number of hydrogen-bond acceptors (Lipinski definition) is 3. The summed E-state index contributed by atoms with van der Waals surface area (Å²) in [6.07, 6.45) is -1.50. The van der Waals surface area contributed by atoms with Gasteiger partial charge in [-0.3, -0.25) is 0 Å². The van der Waals surface area contributed by atoms with Crippen molar-refractivity contribution in [1.82, 2.24) is 0 Å². The molecule has 0 heterocycles. The van der Waals surface area contributed by atoms with Crippen molar-refractivity contribution in [2.75, 3.05) is 0 Å². The Balaban J connectivity index is 3.32. The highest BCUT2D eigenvalue weighted by atomic mass is 16.7. The standard InChI is InChI=1S/C2H4BO4/c3-1(4)7-2(5)6/h3H3,(H,5,6)/q-1. The molecule has 0 atom stereocenters. The van der Waals surface area contributed by atoms with E-state index >= 15 is 0 Å². The molecule has 0 amide bonds. The van der Waals surface area contributed by atoms with Gasteiger partial charge in [-0.2, -0.15) is 0 Å². The second kappa shape index (κ2) is 2.23. The van der Waals surface area contributed by atoms with E-state index in [2.05, 4.69) is 4.74 Å². The molecule has 1 N–H and O–H groups in total. The molecule has 5 heteroatoms. The van der Waals surface area contributed by atoms with Crippen molar-refractivity contribution < 1.29 is 19.4 Å². The summed E-state index contributed by atoms with van der Waals surface area (Å²) in [4.78, 5) is 19.2. The summed E-state index contributed by atoms with van der Waals surface area (Å²) in [5, 5.41) is 7.68. The molecule has 7 heavy (non-hydrogen) atoms. The zero-order chi connectivity index (χ0) is 5.86. The van der Waals surface area contributed by atoms with Gasteiger partial charge in [-0.1, -0.05) is 0 Å². The molecule has 0 radical (unpaired) electrons. The van der Waals surface area contributed by atoms with Crippen LogP contribution in [-0.4, -0.2) is 25.0 Å². The van der Waals surface area contributed by atoms with Crippen LogP contribution >= 0.6 is 0 Å². The quantitative estimate of drug-likeness (QED) is 0.246. The summed E-state index contributed by atoms with van der Waals surface area (Å²) >= 11 is 0. The van der Waals surface area contributed by atoms with E-state index in [4.69, 9.17) is 5.11 Å². The van der Waals surface area contributed by atoms with Crippen LogP contribution in [-0.2, 0) is 4.74 Å². The third-order valence-electron chi connectivity index (χ3n) is 0.129. The van der Waals surface area contributed by atoms with Crippen molar-refractivity contribution in [3.63, 3.8) is 0 Å². The van der Waals surface area contributed by atoms with Gasteiger partial charge in [-0.25, -0.2) is 4.79 Å². The van der Waals surface area contributed by atoms with E-state index < -0.39 is 19.9 Å². The average molecular weight is 103 g/mol.